The molecular weight excluding hydrogens is 476 g/mol. The third-order valence-corrected chi connectivity index (χ3v) is 6.79. The highest BCUT2D eigenvalue weighted by Gasteiger charge is 2.19. The van der Waals surface area contributed by atoms with Gasteiger partial charge in [-0.1, -0.05) is 36.0 Å². The minimum absolute atomic E-state index is 0.0924. The van der Waals surface area contributed by atoms with Gasteiger partial charge in [-0.15, -0.1) is 10.2 Å². The number of benzene rings is 2. The van der Waals surface area contributed by atoms with Crippen molar-refractivity contribution in [3.05, 3.63) is 81.5 Å². The first-order valence-corrected chi connectivity index (χ1v) is 12.7. The van der Waals surface area contributed by atoms with Crippen molar-refractivity contribution in [1.82, 2.24) is 24.1 Å². The molecule has 2 aromatic heterocycles. The Labute approximate surface area is 214 Å². The number of ether oxygens (including phenoxy) is 1. The lowest BCUT2D eigenvalue weighted by atomic mass is 10.1. The van der Waals surface area contributed by atoms with Crippen LogP contribution >= 0.6 is 11.8 Å². The Morgan fingerprint density at radius 2 is 1.75 bits per heavy atom. The molecule has 1 amide bonds. The van der Waals surface area contributed by atoms with Crippen molar-refractivity contribution < 1.29 is 9.53 Å². The summed E-state index contributed by atoms with van der Waals surface area (Å²) < 4.78 is 11.1. The molecule has 10 heteroatoms. The Morgan fingerprint density at radius 3 is 2.42 bits per heavy atom. The van der Waals surface area contributed by atoms with Gasteiger partial charge >= 0.3 is 0 Å². The van der Waals surface area contributed by atoms with Gasteiger partial charge in [-0.05, 0) is 63.1 Å². The van der Waals surface area contributed by atoms with E-state index < -0.39 is 0 Å². The molecule has 0 saturated carbocycles. The molecule has 0 unspecified atom stereocenters. The largest absolute Gasteiger partial charge is 0.486 e. The molecule has 188 valence electrons. The van der Waals surface area contributed by atoms with Gasteiger partial charge in [0.1, 0.15) is 18.0 Å². The lowest BCUT2D eigenvalue weighted by molar-refractivity contribution is -0.113. The Morgan fingerprint density at radius 1 is 1.06 bits per heavy atom. The van der Waals surface area contributed by atoms with E-state index >= 15 is 0 Å². The number of aryl methyl sites for hydroxylation is 2. The van der Waals surface area contributed by atoms with Crippen molar-refractivity contribution in [3.63, 3.8) is 0 Å². The van der Waals surface area contributed by atoms with Crippen molar-refractivity contribution in [3.8, 4) is 11.4 Å². The molecule has 0 spiro atoms. The molecule has 0 atom stereocenters. The molecule has 0 aliphatic carbocycles. The molecule has 2 heterocycles. The lowest BCUT2D eigenvalue weighted by Gasteiger charge is -2.10. The number of para-hydroxylation sites is 1. The Kier molecular flexibility index (Phi) is 7.64. The maximum Gasteiger partial charge on any atom is 0.295 e. The highest BCUT2D eigenvalue weighted by Crippen LogP contribution is 2.21. The normalized spacial score (nSPS) is 11.0. The molecule has 0 aliphatic heterocycles. The van der Waals surface area contributed by atoms with Crippen LogP contribution in [0, 0.1) is 20.8 Å². The predicted molar refractivity (Wildman–Crippen MR) is 141 cm³/mol. The first-order valence-electron chi connectivity index (χ1n) is 11.7. The average molecular weight is 507 g/mol. The molecule has 4 rings (SSSR count). The number of rotatable bonds is 9. The van der Waals surface area contributed by atoms with Crippen LogP contribution in [-0.4, -0.2) is 35.8 Å². The number of nitrogens with one attached hydrogen (secondary N) is 1. The van der Waals surface area contributed by atoms with E-state index in [9.17, 15) is 9.59 Å². The quantitative estimate of drug-likeness (QED) is 0.345. The standard InChI is InChI=1S/C26H30N6O3S/c1-6-31-22(15-35-21-13-17(2)12-18(3)14-21)28-29-26(31)36-16-23(33)27-24-19(4)30(5)32(25(24)34)20-10-8-7-9-11-20/h7-14H,6,15-16H2,1-5H3,(H,27,33). The van der Waals surface area contributed by atoms with E-state index in [4.69, 9.17) is 4.74 Å². The highest BCUT2D eigenvalue weighted by atomic mass is 32.2. The number of thioether (sulfide) groups is 1. The third kappa shape index (κ3) is 5.38. The van der Waals surface area contributed by atoms with Crippen LogP contribution in [0.15, 0.2) is 58.5 Å². The number of carbonyl (C=O) groups excluding carboxylic acids is 1. The van der Waals surface area contributed by atoms with E-state index in [0.29, 0.717) is 23.2 Å². The van der Waals surface area contributed by atoms with Crippen molar-refractivity contribution in [2.75, 3.05) is 11.1 Å². The zero-order valence-electron chi connectivity index (χ0n) is 21.1. The van der Waals surface area contributed by atoms with Gasteiger partial charge in [-0.25, -0.2) is 4.68 Å². The predicted octanol–water partition coefficient (Wildman–Crippen LogP) is 4.02. The Bertz CT molecular complexity index is 1420. The monoisotopic (exact) mass is 506 g/mol. The van der Waals surface area contributed by atoms with Gasteiger partial charge in [0.2, 0.25) is 5.91 Å². The second-order valence-corrected chi connectivity index (χ2v) is 9.47. The molecule has 0 radical (unpaired) electrons. The summed E-state index contributed by atoms with van der Waals surface area (Å²) in [6, 6.07) is 15.4. The summed E-state index contributed by atoms with van der Waals surface area (Å²) in [6.45, 7) is 8.78. The molecule has 9 nitrogen and oxygen atoms in total. The topological polar surface area (TPSA) is 96.0 Å². The molecule has 36 heavy (non-hydrogen) atoms. The number of nitrogens with zero attached hydrogens (tertiary/aromatic N) is 5. The summed E-state index contributed by atoms with van der Waals surface area (Å²) in [5, 5.41) is 11.9. The van der Waals surface area contributed by atoms with Gasteiger partial charge in [0.15, 0.2) is 11.0 Å². The maximum absolute atomic E-state index is 13.0. The summed E-state index contributed by atoms with van der Waals surface area (Å²) in [7, 11) is 1.79. The summed E-state index contributed by atoms with van der Waals surface area (Å²) >= 11 is 1.27. The Balaban J connectivity index is 1.42. The van der Waals surface area contributed by atoms with Crippen LogP contribution in [0.3, 0.4) is 0 Å². The zero-order valence-corrected chi connectivity index (χ0v) is 21.9. The fraction of sp³-hybridized carbons (Fsp3) is 0.308. The van der Waals surface area contributed by atoms with Gasteiger partial charge in [0.25, 0.3) is 5.56 Å². The lowest BCUT2D eigenvalue weighted by Crippen LogP contribution is -2.23. The number of hydrogen-bond acceptors (Lipinski definition) is 6. The van der Waals surface area contributed by atoms with Crippen LogP contribution in [0.2, 0.25) is 0 Å². The number of hydrogen-bond donors (Lipinski definition) is 1. The second kappa shape index (κ2) is 10.9. The van der Waals surface area contributed by atoms with Crippen molar-refractivity contribution in [1.29, 1.82) is 0 Å². The Hall–Kier alpha value is -3.79. The van der Waals surface area contributed by atoms with Crippen LogP contribution in [0.1, 0.15) is 29.6 Å². The molecule has 1 N–H and O–H groups in total. The fourth-order valence-corrected chi connectivity index (χ4v) is 4.85. The smallest absolute Gasteiger partial charge is 0.295 e. The van der Waals surface area contributed by atoms with E-state index in [0.717, 1.165) is 22.6 Å². The van der Waals surface area contributed by atoms with Gasteiger partial charge in [-0.2, -0.15) is 0 Å². The second-order valence-electron chi connectivity index (χ2n) is 8.53. The van der Waals surface area contributed by atoms with Crippen LogP contribution in [-0.2, 0) is 25.0 Å². The summed E-state index contributed by atoms with van der Waals surface area (Å²) in [5.41, 5.74) is 3.66. The summed E-state index contributed by atoms with van der Waals surface area (Å²) in [4.78, 5) is 25.8. The maximum atomic E-state index is 13.0. The first kappa shape index (κ1) is 25.3. The van der Waals surface area contributed by atoms with Crippen molar-refractivity contribution in [2.24, 2.45) is 7.05 Å². The molecule has 2 aromatic carbocycles. The van der Waals surface area contributed by atoms with E-state index in [1.807, 2.05) is 67.8 Å². The van der Waals surface area contributed by atoms with E-state index in [-0.39, 0.29) is 29.5 Å². The van der Waals surface area contributed by atoms with Crippen molar-refractivity contribution >= 4 is 23.4 Å². The number of amides is 1. The van der Waals surface area contributed by atoms with Crippen LogP contribution < -0.4 is 15.6 Å². The van der Waals surface area contributed by atoms with E-state index in [1.165, 1.54) is 16.4 Å². The number of aromatic nitrogens is 5. The highest BCUT2D eigenvalue weighted by molar-refractivity contribution is 7.99. The van der Waals surface area contributed by atoms with Crippen molar-refractivity contribution in [2.45, 2.75) is 46.0 Å². The average Bonchev–Trinajstić information content (AvgIpc) is 3.34. The number of anilines is 1. The van der Waals surface area contributed by atoms with E-state index in [2.05, 4.69) is 21.6 Å². The SMILES string of the molecule is CCn1c(COc2cc(C)cc(C)c2)nnc1SCC(=O)Nc1c(C)n(C)n(-c2ccccc2)c1=O. The first-order chi connectivity index (χ1) is 17.3. The fourth-order valence-electron chi connectivity index (χ4n) is 4.03. The van der Waals surface area contributed by atoms with E-state index in [1.54, 1.807) is 18.7 Å². The third-order valence-electron chi connectivity index (χ3n) is 5.82. The van der Waals surface area contributed by atoms with Gasteiger partial charge in [-0.3, -0.25) is 14.3 Å². The molecule has 0 bridgehead atoms. The molecular formula is C26H30N6O3S. The van der Waals surface area contributed by atoms with Gasteiger partial charge in [0, 0.05) is 13.6 Å². The minimum Gasteiger partial charge on any atom is -0.486 e. The number of carbonyl (C=O) groups is 1. The molecule has 4 aromatic rings. The van der Waals surface area contributed by atoms with Crippen LogP contribution in [0.25, 0.3) is 5.69 Å². The van der Waals surface area contributed by atoms with Crippen LogP contribution in [0.5, 0.6) is 5.75 Å². The van der Waals surface area contributed by atoms with Gasteiger partial charge < -0.3 is 14.6 Å². The minimum atomic E-state index is -0.287. The van der Waals surface area contributed by atoms with Gasteiger partial charge in [0.05, 0.1) is 17.1 Å². The summed E-state index contributed by atoms with van der Waals surface area (Å²) in [5.74, 6) is 1.27. The molecule has 0 saturated heterocycles. The summed E-state index contributed by atoms with van der Waals surface area (Å²) in [6.07, 6.45) is 0. The molecule has 0 aliphatic rings. The van der Waals surface area contributed by atoms with Crippen LogP contribution in [0.4, 0.5) is 5.69 Å². The molecule has 0 fully saturated rings. The zero-order chi connectivity index (χ0) is 25.8.